The molecule has 0 aliphatic carbocycles. The lowest BCUT2D eigenvalue weighted by atomic mass is 10.2. The molecule has 0 radical (unpaired) electrons. The van der Waals surface area contributed by atoms with Crippen LogP contribution < -0.4 is 5.43 Å². The van der Waals surface area contributed by atoms with Crippen LogP contribution in [0.3, 0.4) is 0 Å². The van der Waals surface area contributed by atoms with Crippen molar-refractivity contribution >= 4 is 23.3 Å². The van der Waals surface area contributed by atoms with Crippen LogP contribution in [0.15, 0.2) is 35.4 Å². The molecule has 24 heavy (non-hydrogen) atoms. The Labute approximate surface area is 133 Å². The molecule has 0 fully saturated rings. The number of hydrogen-bond acceptors (Lipinski definition) is 9. The van der Waals surface area contributed by atoms with E-state index >= 15 is 0 Å². The summed E-state index contributed by atoms with van der Waals surface area (Å²) >= 11 is 0. The van der Waals surface area contributed by atoms with Gasteiger partial charge in [0.15, 0.2) is 11.5 Å². The van der Waals surface area contributed by atoms with Crippen LogP contribution in [0.4, 0.5) is 17.1 Å². The number of hydrazone groups is 1. The van der Waals surface area contributed by atoms with Crippen molar-refractivity contribution in [3.8, 4) is 17.2 Å². The van der Waals surface area contributed by atoms with Gasteiger partial charge in [-0.1, -0.05) is 0 Å². The number of nitro groups is 2. The molecule has 0 bridgehead atoms. The smallest absolute Gasteiger partial charge is 0.301 e. The highest BCUT2D eigenvalue weighted by Gasteiger charge is 2.19. The summed E-state index contributed by atoms with van der Waals surface area (Å²) < 4.78 is 0. The molecule has 0 aliphatic heterocycles. The molecule has 2 rings (SSSR count). The van der Waals surface area contributed by atoms with Gasteiger partial charge in [-0.2, -0.15) is 5.10 Å². The molecule has 0 amide bonds. The summed E-state index contributed by atoms with van der Waals surface area (Å²) in [6.07, 6.45) is 1.04. The van der Waals surface area contributed by atoms with Crippen LogP contribution >= 0.6 is 0 Å². The van der Waals surface area contributed by atoms with Gasteiger partial charge in [0.05, 0.1) is 22.1 Å². The summed E-state index contributed by atoms with van der Waals surface area (Å²) in [6.45, 7) is 0. The predicted octanol–water partition coefficient (Wildman–Crippen LogP) is 2.07. The van der Waals surface area contributed by atoms with Crippen molar-refractivity contribution in [1.82, 2.24) is 0 Å². The zero-order valence-corrected chi connectivity index (χ0v) is 11.8. The fourth-order valence-electron chi connectivity index (χ4n) is 1.74. The van der Waals surface area contributed by atoms with Gasteiger partial charge >= 0.3 is 5.69 Å². The zero-order chi connectivity index (χ0) is 17.9. The summed E-state index contributed by atoms with van der Waals surface area (Å²) in [5, 5.41) is 53.4. The molecule has 2 aromatic carbocycles. The number of phenols is 3. The van der Waals surface area contributed by atoms with Gasteiger partial charge in [-0.15, -0.1) is 0 Å². The lowest BCUT2D eigenvalue weighted by molar-refractivity contribution is -0.393. The van der Waals surface area contributed by atoms with Gasteiger partial charge in [-0.25, -0.2) is 0 Å². The number of benzene rings is 2. The third-order valence-electron chi connectivity index (χ3n) is 2.94. The monoisotopic (exact) mass is 334 g/mol. The molecule has 11 nitrogen and oxygen atoms in total. The summed E-state index contributed by atoms with van der Waals surface area (Å²) in [4.78, 5) is 20.0. The Kier molecular flexibility index (Phi) is 4.45. The molecule has 2 aromatic rings. The van der Waals surface area contributed by atoms with Crippen LogP contribution in [0.2, 0.25) is 0 Å². The maximum absolute atomic E-state index is 11.0. The molecule has 0 spiro atoms. The second-order valence-electron chi connectivity index (χ2n) is 4.46. The maximum atomic E-state index is 11.0. The van der Waals surface area contributed by atoms with Crippen molar-refractivity contribution < 1.29 is 25.2 Å². The van der Waals surface area contributed by atoms with Crippen LogP contribution in [0.5, 0.6) is 17.2 Å². The molecule has 0 saturated carbocycles. The maximum Gasteiger partial charge on any atom is 0.301 e. The van der Waals surface area contributed by atoms with Crippen molar-refractivity contribution in [3.05, 3.63) is 56.1 Å². The third kappa shape index (κ3) is 3.30. The third-order valence-corrected chi connectivity index (χ3v) is 2.94. The number of nitrogens with one attached hydrogen (secondary N) is 1. The highest BCUT2D eigenvalue weighted by Crippen LogP contribution is 2.36. The van der Waals surface area contributed by atoms with Crippen LogP contribution in [-0.4, -0.2) is 31.4 Å². The minimum atomic E-state index is -0.811. The second-order valence-corrected chi connectivity index (χ2v) is 4.46. The molecule has 11 heteroatoms. The first-order valence-corrected chi connectivity index (χ1v) is 6.27. The molecule has 0 aliphatic rings. The Morgan fingerprint density at radius 1 is 1.00 bits per heavy atom. The van der Waals surface area contributed by atoms with Crippen LogP contribution in [0.25, 0.3) is 0 Å². The second kappa shape index (κ2) is 6.48. The topological polar surface area (TPSA) is 171 Å². The molecule has 0 atom stereocenters. The Bertz CT molecular complexity index is 850. The SMILES string of the molecule is O=[N+]([O-])c1ccc(N/N=C/c2ccc(O)c(O)c2O)c([N+](=O)[O-])c1. The lowest BCUT2D eigenvalue weighted by Crippen LogP contribution is -1.98. The zero-order valence-electron chi connectivity index (χ0n) is 11.8. The van der Waals surface area contributed by atoms with Gasteiger partial charge in [-0.3, -0.25) is 25.7 Å². The predicted molar refractivity (Wildman–Crippen MR) is 82.4 cm³/mol. The Hall–Kier alpha value is -3.89. The minimum Gasteiger partial charge on any atom is -0.504 e. The number of anilines is 1. The van der Waals surface area contributed by atoms with Crippen molar-refractivity contribution in [2.45, 2.75) is 0 Å². The van der Waals surface area contributed by atoms with Gasteiger partial charge in [0.1, 0.15) is 5.69 Å². The van der Waals surface area contributed by atoms with Crippen molar-refractivity contribution in [2.75, 3.05) is 5.43 Å². The number of nitro benzene ring substituents is 2. The van der Waals surface area contributed by atoms with E-state index in [0.717, 1.165) is 30.5 Å². The molecule has 0 saturated heterocycles. The molecule has 124 valence electrons. The van der Waals surface area contributed by atoms with E-state index in [2.05, 4.69) is 10.5 Å². The molecule has 0 heterocycles. The van der Waals surface area contributed by atoms with E-state index < -0.39 is 38.5 Å². The molecular formula is C13H10N4O7. The Morgan fingerprint density at radius 2 is 1.71 bits per heavy atom. The van der Waals surface area contributed by atoms with Gasteiger partial charge in [0.25, 0.3) is 5.69 Å². The average Bonchev–Trinajstić information content (AvgIpc) is 2.54. The van der Waals surface area contributed by atoms with Gasteiger partial charge in [-0.05, 0) is 18.2 Å². The Morgan fingerprint density at radius 3 is 2.33 bits per heavy atom. The van der Waals surface area contributed by atoms with E-state index in [1.807, 2.05) is 0 Å². The van der Waals surface area contributed by atoms with E-state index in [0.29, 0.717) is 0 Å². The minimum absolute atomic E-state index is 0.0300. The van der Waals surface area contributed by atoms with Gasteiger partial charge < -0.3 is 15.3 Å². The fraction of sp³-hybridized carbons (Fsp3) is 0. The van der Waals surface area contributed by atoms with Crippen LogP contribution in [0, 0.1) is 20.2 Å². The van der Waals surface area contributed by atoms with Crippen LogP contribution in [0.1, 0.15) is 5.56 Å². The molecule has 0 unspecified atom stereocenters. The number of nitrogens with zero attached hydrogens (tertiary/aromatic N) is 3. The normalized spacial score (nSPS) is 10.7. The number of phenolic OH excluding ortho intramolecular Hbond substituents is 3. The number of non-ortho nitro benzene ring substituents is 1. The van der Waals surface area contributed by atoms with E-state index in [1.165, 1.54) is 6.07 Å². The molecule has 4 N–H and O–H groups in total. The number of rotatable bonds is 5. The first-order valence-electron chi connectivity index (χ1n) is 6.27. The van der Waals surface area contributed by atoms with E-state index in [-0.39, 0.29) is 11.3 Å². The number of hydrogen-bond donors (Lipinski definition) is 4. The quantitative estimate of drug-likeness (QED) is 0.278. The standard InChI is InChI=1S/C13H10N4O7/c18-11-4-1-7(12(19)13(11)20)6-14-15-9-3-2-8(16(21)22)5-10(9)17(23)24/h1-6,15,18-20H/b14-6+. The largest absolute Gasteiger partial charge is 0.504 e. The van der Waals surface area contributed by atoms with Crippen molar-refractivity contribution in [1.29, 1.82) is 0 Å². The summed E-state index contributed by atoms with van der Waals surface area (Å²) in [5.74, 6) is -1.89. The molecular weight excluding hydrogens is 324 g/mol. The van der Waals surface area contributed by atoms with E-state index in [9.17, 15) is 35.5 Å². The van der Waals surface area contributed by atoms with Gasteiger partial charge in [0, 0.05) is 11.6 Å². The average molecular weight is 334 g/mol. The summed E-state index contributed by atoms with van der Waals surface area (Å²) in [5.41, 5.74) is 1.24. The number of aromatic hydroxyl groups is 3. The first-order chi connectivity index (χ1) is 11.3. The highest BCUT2D eigenvalue weighted by molar-refractivity contribution is 5.86. The van der Waals surface area contributed by atoms with Crippen LogP contribution in [-0.2, 0) is 0 Å². The fourth-order valence-corrected chi connectivity index (χ4v) is 1.74. The highest BCUT2D eigenvalue weighted by atomic mass is 16.6. The first kappa shape index (κ1) is 16.5. The van der Waals surface area contributed by atoms with E-state index in [1.54, 1.807) is 0 Å². The van der Waals surface area contributed by atoms with Crippen molar-refractivity contribution in [2.24, 2.45) is 5.10 Å². The van der Waals surface area contributed by atoms with Crippen molar-refractivity contribution in [3.63, 3.8) is 0 Å². The molecule has 0 aromatic heterocycles. The summed E-state index contributed by atoms with van der Waals surface area (Å²) in [7, 11) is 0. The van der Waals surface area contributed by atoms with Gasteiger partial charge in [0.2, 0.25) is 5.75 Å². The summed E-state index contributed by atoms with van der Waals surface area (Å²) in [6, 6.07) is 5.32. The Balaban J connectivity index is 2.27. The van der Waals surface area contributed by atoms with E-state index in [4.69, 9.17) is 0 Å². The lowest BCUT2D eigenvalue weighted by Gasteiger charge is -2.04.